The van der Waals surface area contributed by atoms with Gasteiger partial charge in [-0.1, -0.05) is 6.92 Å². The van der Waals surface area contributed by atoms with Crippen molar-refractivity contribution in [3.05, 3.63) is 21.9 Å². The molecule has 2 unspecified atom stereocenters. The topological polar surface area (TPSA) is 66.4 Å². The minimum atomic E-state index is -0.973. The summed E-state index contributed by atoms with van der Waals surface area (Å²) in [7, 11) is 0. The van der Waals surface area contributed by atoms with Crippen molar-refractivity contribution < 1.29 is 14.7 Å². The summed E-state index contributed by atoms with van der Waals surface area (Å²) in [5.41, 5.74) is -0.623. The maximum atomic E-state index is 11.4. The van der Waals surface area contributed by atoms with Gasteiger partial charge in [0.05, 0.1) is 0 Å². The zero-order valence-electron chi connectivity index (χ0n) is 9.11. The lowest BCUT2D eigenvalue weighted by Crippen LogP contribution is -2.44. The Labute approximate surface area is 97.3 Å². The molecular weight excluding hydrogens is 226 g/mol. The number of thiophene rings is 1. The number of amides is 1. The average molecular weight is 239 g/mol. The standard InChI is InChI=1S/C11H13NO3S/c1-6-3-4-7(16-6)11(2)5-8(13)12-9(11)10(14)15/h3-4,9H,5H2,1-2H3,(H,12,13)(H,14,15). The summed E-state index contributed by atoms with van der Waals surface area (Å²) in [5, 5.41) is 11.6. The third-order valence-corrected chi connectivity index (χ3v) is 4.30. The smallest absolute Gasteiger partial charge is 0.327 e. The van der Waals surface area contributed by atoms with Gasteiger partial charge in [-0.3, -0.25) is 4.79 Å². The van der Waals surface area contributed by atoms with Gasteiger partial charge in [0, 0.05) is 21.6 Å². The van der Waals surface area contributed by atoms with Crippen LogP contribution in [-0.2, 0) is 15.0 Å². The van der Waals surface area contributed by atoms with Crippen LogP contribution in [0.4, 0.5) is 0 Å². The first kappa shape index (κ1) is 11.1. The van der Waals surface area contributed by atoms with Crippen molar-refractivity contribution in [2.24, 2.45) is 0 Å². The fourth-order valence-electron chi connectivity index (χ4n) is 2.11. The van der Waals surface area contributed by atoms with Crippen LogP contribution in [0.15, 0.2) is 12.1 Å². The Kier molecular flexibility index (Phi) is 2.50. The number of aliphatic carboxylic acids is 1. The number of nitrogens with one attached hydrogen (secondary N) is 1. The summed E-state index contributed by atoms with van der Waals surface area (Å²) in [6.45, 7) is 3.80. The minimum absolute atomic E-state index is 0.194. The molecule has 1 amide bonds. The molecule has 2 heterocycles. The van der Waals surface area contributed by atoms with Crippen molar-refractivity contribution in [2.45, 2.75) is 31.7 Å². The van der Waals surface area contributed by atoms with Gasteiger partial charge >= 0.3 is 5.97 Å². The van der Waals surface area contributed by atoms with Crippen LogP contribution in [0.3, 0.4) is 0 Å². The lowest BCUT2D eigenvalue weighted by Gasteiger charge is -2.25. The maximum Gasteiger partial charge on any atom is 0.327 e. The first-order valence-electron chi connectivity index (χ1n) is 5.02. The van der Waals surface area contributed by atoms with Crippen molar-refractivity contribution >= 4 is 23.2 Å². The molecule has 5 heteroatoms. The Bertz CT molecular complexity index is 454. The van der Waals surface area contributed by atoms with Crippen LogP contribution in [0.1, 0.15) is 23.1 Å². The van der Waals surface area contributed by atoms with E-state index in [0.29, 0.717) is 0 Å². The van der Waals surface area contributed by atoms with E-state index in [9.17, 15) is 9.59 Å². The Morgan fingerprint density at radius 3 is 2.81 bits per heavy atom. The van der Waals surface area contributed by atoms with Crippen molar-refractivity contribution in [1.29, 1.82) is 0 Å². The summed E-state index contributed by atoms with van der Waals surface area (Å²) in [6.07, 6.45) is 0.240. The molecule has 4 nitrogen and oxygen atoms in total. The quantitative estimate of drug-likeness (QED) is 0.817. The third kappa shape index (κ3) is 1.61. The van der Waals surface area contributed by atoms with Gasteiger partial charge in [-0.05, 0) is 19.1 Å². The van der Waals surface area contributed by atoms with Crippen molar-refractivity contribution in [1.82, 2.24) is 5.32 Å². The van der Waals surface area contributed by atoms with Crippen LogP contribution < -0.4 is 5.32 Å². The monoisotopic (exact) mass is 239 g/mol. The van der Waals surface area contributed by atoms with Crippen molar-refractivity contribution in [3.63, 3.8) is 0 Å². The van der Waals surface area contributed by atoms with E-state index in [4.69, 9.17) is 5.11 Å². The second-order valence-electron chi connectivity index (χ2n) is 4.34. The highest BCUT2D eigenvalue weighted by Gasteiger charge is 2.49. The zero-order valence-corrected chi connectivity index (χ0v) is 9.93. The molecule has 0 bridgehead atoms. The lowest BCUT2D eigenvalue weighted by molar-refractivity contribution is -0.141. The molecule has 2 rings (SSSR count). The van der Waals surface area contributed by atoms with E-state index in [1.807, 2.05) is 26.0 Å². The highest BCUT2D eigenvalue weighted by Crippen LogP contribution is 2.39. The first-order chi connectivity index (χ1) is 7.43. The van der Waals surface area contributed by atoms with Crippen LogP contribution in [0.2, 0.25) is 0 Å². The summed E-state index contributed by atoms with van der Waals surface area (Å²) in [5.74, 6) is -1.17. The molecule has 0 aliphatic carbocycles. The van der Waals surface area contributed by atoms with Gasteiger partial charge in [-0.15, -0.1) is 11.3 Å². The SMILES string of the molecule is Cc1ccc(C2(C)CC(=O)NC2C(=O)O)s1. The molecule has 2 N–H and O–H groups in total. The highest BCUT2D eigenvalue weighted by molar-refractivity contribution is 7.12. The molecule has 1 fully saturated rings. The molecule has 1 aromatic heterocycles. The van der Waals surface area contributed by atoms with E-state index in [1.54, 1.807) is 11.3 Å². The Balaban J connectivity index is 2.42. The average Bonchev–Trinajstić information content (AvgIpc) is 2.71. The van der Waals surface area contributed by atoms with Crippen LogP contribution in [0.5, 0.6) is 0 Å². The van der Waals surface area contributed by atoms with Gasteiger partial charge < -0.3 is 10.4 Å². The molecule has 1 aromatic rings. The van der Waals surface area contributed by atoms with E-state index in [1.165, 1.54) is 0 Å². The fourth-order valence-corrected chi connectivity index (χ4v) is 3.15. The van der Waals surface area contributed by atoms with Gasteiger partial charge in [0.1, 0.15) is 6.04 Å². The number of carbonyl (C=O) groups is 2. The van der Waals surface area contributed by atoms with E-state index in [2.05, 4.69) is 5.32 Å². The molecule has 1 saturated heterocycles. The number of hydrogen-bond donors (Lipinski definition) is 2. The normalized spacial score (nSPS) is 29.1. The zero-order chi connectivity index (χ0) is 11.9. The fraction of sp³-hybridized carbons (Fsp3) is 0.455. The number of carboxylic acids is 1. The molecule has 2 atom stereocenters. The van der Waals surface area contributed by atoms with E-state index < -0.39 is 17.4 Å². The van der Waals surface area contributed by atoms with Gasteiger partial charge in [-0.2, -0.15) is 0 Å². The minimum Gasteiger partial charge on any atom is -0.480 e. The second-order valence-corrected chi connectivity index (χ2v) is 5.63. The molecule has 0 radical (unpaired) electrons. The predicted octanol–water partition coefficient (Wildman–Crippen LogP) is 1.29. The molecule has 0 aromatic carbocycles. The Morgan fingerprint density at radius 2 is 2.31 bits per heavy atom. The van der Waals surface area contributed by atoms with Gasteiger partial charge in [0.15, 0.2) is 0 Å². The molecule has 16 heavy (non-hydrogen) atoms. The van der Waals surface area contributed by atoms with Crippen LogP contribution in [0, 0.1) is 6.92 Å². The van der Waals surface area contributed by atoms with Crippen molar-refractivity contribution in [2.75, 3.05) is 0 Å². The van der Waals surface area contributed by atoms with E-state index >= 15 is 0 Å². The van der Waals surface area contributed by atoms with Crippen LogP contribution >= 0.6 is 11.3 Å². The summed E-state index contributed by atoms with van der Waals surface area (Å²) < 4.78 is 0. The number of carbonyl (C=O) groups excluding carboxylic acids is 1. The van der Waals surface area contributed by atoms with Gasteiger partial charge in [0.2, 0.25) is 5.91 Å². The summed E-state index contributed by atoms with van der Waals surface area (Å²) in [4.78, 5) is 24.6. The van der Waals surface area contributed by atoms with Gasteiger partial charge in [-0.25, -0.2) is 4.79 Å². The molecule has 86 valence electrons. The Morgan fingerprint density at radius 1 is 1.62 bits per heavy atom. The van der Waals surface area contributed by atoms with Crippen LogP contribution in [0.25, 0.3) is 0 Å². The highest BCUT2D eigenvalue weighted by atomic mass is 32.1. The number of hydrogen-bond acceptors (Lipinski definition) is 3. The number of rotatable bonds is 2. The summed E-state index contributed by atoms with van der Waals surface area (Å²) >= 11 is 1.55. The molecule has 0 spiro atoms. The number of carboxylic acid groups (broad SMARTS) is 1. The largest absolute Gasteiger partial charge is 0.480 e. The molecule has 0 saturated carbocycles. The maximum absolute atomic E-state index is 11.4. The lowest BCUT2D eigenvalue weighted by atomic mass is 9.81. The molecule has 1 aliphatic rings. The second kappa shape index (κ2) is 3.59. The van der Waals surface area contributed by atoms with E-state index in [-0.39, 0.29) is 12.3 Å². The third-order valence-electron chi connectivity index (χ3n) is 3.02. The van der Waals surface area contributed by atoms with E-state index in [0.717, 1.165) is 9.75 Å². The molecule has 1 aliphatic heterocycles. The number of aryl methyl sites for hydroxylation is 1. The summed E-state index contributed by atoms with van der Waals surface area (Å²) in [6, 6.07) is 3.04. The van der Waals surface area contributed by atoms with Crippen LogP contribution in [-0.4, -0.2) is 23.0 Å². The first-order valence-corrected chi connectivity index (χ1v) is 5.84. The Hall–Kier alpha value is -1.36. The van der Waals surface area contributed by atoms with Crippen molar-refractivity contribution in [3.8, 4) is 0 Å². The van der Waals surface area contributed by atoms with Gasteiger partial charge in [0.25, 0.3) is 0 Å². The predicted molar refractivity (Wildman–Crippen MR) is 60.6 cm³/mol. The molecular formula is C11H13NO3S.